The zero-order valence-electron chi connectivity index (χ0n) is 30.2. The molecule has 0 N–H and O–H groups in total. The Bertz CT molecular complexity index is 1870. The Morgan fingerprint density at radius 1 is 0.941 bits per heavy atom. The van der Waals surface area contributed by atoms with E-state index in [0.29, 0.717) is 42.4 Å². The van der Waals surface area contributed by atoms with Crippen LogP contribution in [0.4, 0.5) is 4.39 Å². The van der Waals surface area contributed by atoms with Crippen LogP contribution in [0.15, 0.2) is 99.8 Å². The second-order valence-corrected chi connectivity index (χ2v) is 19.1. The Labute approximate surface area is 301 Å². The topological polar surface area (TPSA) is 112 Å². The Morgan fingerprint density at radius 3 is 2.33 bits per heavy atom. The number of carbonyl (C=O) groups is 1. The molecule has 2 aliphatic rings. The molecule has 0 unspecified atom stereocenters. The van der Waals surface area contributed by atoms with Crippen molar-refractivity contribution in [1.82, 2.24) is 4.90 Å². The summed E-state index contributed by atoms with van der Waals surface area (Å²) in [7, 11) is -2.00. The van der Waals surface area contributed by atoms with Crippen molar-refractivity contribution in [2.75, 3.05) is 13.2 Å². The highest BCUT2D eigenvalue weighted by atomic mass is 28.4. The van der Waals surface area contributed by atoms with E-state index in [0.717, 1.165) is 55.4 Å². The number of benzene rings is 3. The fraction of sp³-hybridized carbons (Fsp3) is 0.375. The standard InChI is InChI=1S/C40H47FN6O3Si/c1-40(2,3)51(4,5)50-32-20-18-31(19-21-32)36-28-47-38(34(44-36)26-29-15-11-10-12-16-29)45-35(39(47)48)27-30-17-22-37(33(41)25-30)49-24-14-9-7-6-8-13-23-43-46-42/h10-12,15-22,25,27-28H,6-9,13-14,23-24,26H2,1-5H3/b35-27-. The SMILES string of the molecule is CC(C)(C)[Si](C)(C)Oc1ccc(C2=CN3C(=O)/C(=C/c4ccc(OCCCCCCCCN=[N+]=[N-])c(F)c4)N=C3C(Cc3ccccc3)=N2)cc1. The molecule has 0 spiro atoms. The Hall–Kier alpha value is -4.99. The number of fused-ring (bicyclic) bond motifs is 1. The zero-order chi connectivity index (χ0) is 36.4. The maximum Gasteiger partial charge on any atom is 0.282 e. The van der Waals surface area contributed by atoms with Crippen LogP contribution < -0.4 is 9.16 Å². The first-order valence-electron chi connectivity index (χ1n) is 17.7. The molecule has 2 heterocycles. The average molecular weight is 707 g/mol. The second-order valence-electron chi connectivity index (χ2n) is 14.4. The van der Waals surface area contributed by atoms with Gasteiger partial charge in [0.15, 0.2) is 17.4 Å². The number of rotatable bonds is 16. The van der Waals surface area contributed by atoms with E-state index in [4.69, 9.17) is 24.7 Å². The molecule has 3 aromatic rings. The molecular formula is C40H47FN6O3Si. The van der Waals surface area contributed by atoms with Gasteiger partial charge >= 0.3 is 0 Å². The van der Waals surface area contributed by atoms with Crippen molar-refractivity contribution in [2.45, 2.75) is 83.8 Å². The summed E-state index contributed by atoms with van der Waals surface area (Å²) in [5, 5.41) is 3.62. The normalized spacial score (nSPS) is 15.2. The minimum Gasteiger partial charge on any atom is -0.544 e. The fourth-order valence-electron chi connectivity index (χ4n) is 5.49. The van der Waals surface area contributed by atoms with Crippen LogP contribution in [0.25, 0.3) is 22.2 Å². The summed E-state index contributed by atoms with van der Waals surface area (Å²) >= 11 is 0. The number of unbranched alkanes of at least 4 members (excludes halogenated alkanes) is 5. The quantitative estimate of drug-likeness (QED) is 0.0369. The maximum absolute atomic E-state index is 15.1. The van der Waals surface area contributed by atoms with Crippen molar-refractivity contribution in [1.29, 1.82) is 0 Å². The number of hydrogen-bond donors (Lipinski definition) is 0. The van der Waals surface area contributed by atoms with Crippen LogP contribution in [0.3, 0.4) is 0 Å². The van der Waals surface area contributed by atoms with Crippen molar-refractivity contribution >= 4 is 37.5 Å². The predicted octanol–water partition coefficient (Wildman–Crippen LogP) is 10.5. The Morgan fingerprint density at radius 2 is 1.65 bits per heavy atom. The van der Waals surface area contributed by atoms with Gasteiger partial charge in [-0.1, -0.05) is 88.0 Å². The van der Waals surface area contributed by atoms with E-state index in [9.17, 15) is 4.79 Å². The summed E-state index contributed by atoms with van der Waals surface area (Å²) in [6.07, 6.45) is 9.65. The van der Waals surface area contributed by atoms with Gasteiger partial charge in [-0.15, -0.1) is 0 Å². The van der Waals surface area contributed by atoms with E-state index in [1.807, 2.05) is 54.6 Å². The summed E-state index contributed by atoms with van der Waals surface area (Å²) in [5.41, 5.74) is 12.3. The average Bonchev–Trinajstić information content (AvgIpc) is 3.41. The minimum atomic E-state index is -2.00. The molecule has 0 aliphatic carbocycles. The van der Waals surface area contributed by atoms with E-state index >= 15 is 4.39 Å². The van der Waals surface area contributed by atoms with Crippen LogP contribution in [0, 0.1) is 5.82 Å². The van der Waals surface area contributed by atoms with E-state index in [1.54, 1.807) is 29.3 Å². The molecule has 0 atom stereocenters. The van der Waals surface area contributed by atoms with E-state index < -0.39 is 14.1 Å². The Kier molecular flexibility index (Phi) is 12.3. The van der Waals surface area contributed by atoms with E-state index in [1.165, 1.54) is 6.07 Å². The van der Waals surface area contributed by atoms with Crippen LogP contribution in [0.2, 0.25) is 18.1 Å². The lowest BCUT2D eigenvalue weighted by Crippen LogP contribution is -2.43. The third-order valence-corrected chi connectivity index (χ3v) is 13.8. The predicted molar refractivity (Wildman–Crippen MR) is 206 cm³/mol. The molecule has 51 heavy (non-hydrogen) atoms. The van der Waals surface area contributed by atoms with Gasteiger partial charge < -0.3 is 9.16 Å². The lowest BCUT2D eigenvalue weighted by molar-refractivity contribution is -0.120. The van der Waals surface area contributed by atoms with Crippen LogP contribution in [0.1, 0.15) is 76.0 Å². The maximum atomic E-state index is 15.1. The molecule has 11 heteroatoms. The summed E-state index contributed by atoms with van der Waals surface area (Å²) in [4.78, 5) is 27.8. The summed E-state index contributed by atoms with van der Waals surface area (Å²) in [6.45, 7) is 12.0. The first kappa shape index (κ1) is 37.3. The molecule has 9 nitrogen and oxygen atoms in total. The number of nitrogens with zero attached hydrogens (tertiary/aromatic N) is 6. The fourth-order valence-corrected chi connectivity index (χ4v) is 6.52. The van der Waals surface area contributed by atoms with Crippen LogP contribution in [0.5, 0.6) is 11.5 Å². The van der Waals surface area contributed by atoms with Gasteiger partial charge in [0.25, 0.3) is 5.91 Å². The van der Waals surface area contributed by atoms with Crippen LogP contribution in [-0.2, 0) is 11.2 Å². The third-order valence-electron chi connectivity index (χ3n) is 9.43. The van der Waals surface area contributed by atoms with Crippen molar-refractivity contribution in [3.63, 3.8) is 0 Å². The summed E-state index contributed by atoms with van der Waals surface area (Å²) < 4.78 is 27.2. The van der Waals surface area contributed by atoms with Crippen molar-refractivity contribution in [3.05, 3.63) is 118 Å². The number of hydrogen-bond acceptors (Lipinski definition) is 6. The lowest BCUT2D eigenvalue weighted by atomic mass is 10.0. The molecule has 0 bridgehead atoms. The highest BCUT2D eigenvalue weighted by molar-refractivity contribution is 6.74. The van der Waals surface area contributed by atoms with E-state index in [2.05, 4.69) is 43.9 Å². The first-order chi connectivity index (χ1) is 24.4. The monoisotopic (exact) mass is 706 g/mol. The number of amides is 1. The molecule has 2 aliphatic heterocycles. The zero-order valence-corrected chi connectivity index (χ0v) is 31.2. The van der Waals surface area contributed by atoms with Gasteiger partial charge in [0.1, 0.15) is 11.4 Å². The molecule has 0 saturated carbocycles. The van der Waals surface area contributed by atoms with Crippen LogP contribution >= 0.6 is 0 Å². The molecule has 0 fully saturated rings. The second kappa shape index (κ2) is 16.8. The van der Waals surface area contributed by atoms with Crippen molar-refractivity contribution in [2.24, 2.45) is 15.1 Å². The molecular weight excluding hydrogens is 660 g/mol. The summed E-state index contributed by atoms with van der Waals surface area (Å²) in [6, 6.07) is 22.5. The van der Waals surface area contributed by atoms with Gasteiger partial charge in [0.05, 0.1) is 18.0 Å². The molecule has 3 aromatic carbocycles. The number of azide groups is 1. The molecule has 0 saturated heterocycles. The van der Waals surface area contributed by atoms with Crippen molar-refractivity contribution < 1.29 is 18.3 Å². The number of halogens is 1. The molecule has 0 aromatic heterocycles. The number of amidine groups is 1. The third kappa shape index (κ3) is 9.83. The van der Waals surface area contributed by atoms with Gasteiger partial charge in [-0.05, 0) is 90.1 Å². The first-order valence-corrected chi connectivity index (χ1v) is 20.6. The largest absolute Gasteiger partial charge is 0.544 e. The van der Waals surface area contributed by atoms with Gasteiger partial charge in [0.2, 0.25) is 8.32 Å². The molecule has 0 radical (unpaired) electrons. The highest BCUT2D eigenvalue weighted by Crippen LogP contribution is 2.38. The molecule has 266 valence electrons. The van der Waals surface area contributed by atoms with E-state index in [-0.39, 0.29) is 22.4 Å². The smallest absolute Gasteiger partial charge is 0.282 e. The number of ether oxygens (including phenoxy) is 1. The number of carbonyl (C=O) groups excluding carboxylic acids is 1. The van der Waals surface area contributed by atoms with Gasteiger partial charge in [-0.3, -0.25) is 9.69 Å². The highest BCUT2D eigenvalue weighted by Gasteiger charge is 2.39. The Balaban J connectivity index is 1.29. The molecule has 1 amide bonds. The van der Waals surface area contributed by atoms with Crippen LogP contribution in [-0.4, -0.2) is 43.8 Å². The van der Waals surface area contributed by atoms with Gasteiger partial charge in [-0.25, -0.2) is 14.4 Å². The van der Waals surface area contributed by atoms with Gasteiger partial charge in [0, 0.05) is 29.6 Å². The summed E-state index contributed by atoms with van der Waals surface area (Å²) in [5.74, 6) is 0.661. The van der Waals surface area contributed by atoms with Crippen molar-refractivity contribution in [3.8, 4) is 11.5 Å². The minimum absolute atomic E-state index is 0.0739. The number of aliphatic imine (C=N–C) groups is 2. The molecule has 5 rings (SSSR count). The van der Waals surface area contributed by atoms with Gasteiger partial charge in [-0.2, -0.15) is 0 Å². The lowest BCUT2D eigenvalue weighted by Gasteiger charge is -2.36.